The fraction of sp³-hybridized carbons (Fsp3) is 0.833. The fourth-order valence-corrected chi connectivity index (χ4v) is 7.94. The van der Waals surface area contributed by atoms with Crippen molar-refractivity contribution in [2.24, 2.45) is 28.6 Å². The first-order valence-electron chi connectivity index (χ1n) is 11.3. The van der Waals surface area contributed by atoms with E-state index in [0.717, 1.165) is 31.1 Å². The van der Waals surface area contributed by atoms with Crippen molar-refractivity contribution in [1.82, 2.24) is 0 Å². The van der Waals surface area contributed by atoms with E-state index < -0.39 is 0 Å². The van der Waals surface area contributed by atoms with E-state index in [1.165, 1.54) is 63.5 Å². The first-order valence-corrected chi connectivity index (χ1v) is 11.3. The molecule has 0 aromatic carbocycles. The second kappa shape index (κ2) is 6.40. The van der Waals surface area contributed by atoms with Gasteiger partial charge in [-0.15, -0.1) is 0 Å². The molecule has 5 aliphatic carbocycles. The predicted molar refractivity (Wildman–Crippen MR) is 105 cm³/mol. The maximum Gasteiger partial charge on any atom is 0.110 e. The van der Waals surface area contributed by atoms with Gasteiger partial charge in [-0.1, -0.05) is 25.0 Å². The van der Waals surface area contributed by atoms with Crippen molar-refractivity contribution in [3.8, 4) is 0 Å². The lowest BCUT2D eigenvalue weighted by atomic mass is 9.46. The van der Waals surface area contributed by atoms with Gasteiger partial charge in [0.05, 0.1) is 17.8 Å². The number of fused-ring (bicyclic) bond motifs is 5. The lowest BCUT2D eigenvalue weighted by molar-refractivity contribution is -0.125. The summed E-state index contributed by atoms with van der Waals surface area (Å²) in [6, 6.07) is 0. The minimum Gasteiger partial charge on any atom is -0.494 e. The molecule has 0 heterocycles. The number of hydrogen-bond donors (Lipinski definition) is 1. The van der Waals surface area contributed by atoms with E-state index in [1.54, 1.807) is 5.57 Å². The quantitative estimate of drug-likeness (QED) is 0.651. The maximum absolute atomic E-state index is 10.8. The Morgan fingerprint density at radius 2 is 1.92 bits per heavy atom. The van der Waals surface area contributed by atoms with Crippen LogP contribution in [-0.4, -0.2) is 17.8 Å². The van der Waals surface area contributed by atoms with Crippen LogP contribution in [0, 0.1) is 28.6 Å². The van der Waals surface area contributed by atoms with Gasteiger partial charge < -0.3 is 9.84 Å². The van der Waals surface area contributed by atoms with E-state index in [0.29, 0.717) is 17.9 Å². The van der Waals surface area contributed by atoms with Gasteiger partial charge in [-0.25, -0.2) is 0 Å². The molecule has 6 atom stereocenters. The van der Waals surface area contributed by atoms with Gasteiger partial charge in [0.1, 0.15) is 6.10 Å². The van der Waals surface area contributed by atoms with Gasteiger partial charge in [-0.2, -0.15) is 0 Å². The minimum absolute atomic E-state index is 0.0888. The van der Waals surface area contributed by atoms with Gasteiger partial charge in [0.25, 0.3) is 0 Å². The Balaban J connectivity index is 1.50. The third kappa shape index (κ3) is 2.40. The standard InChI is InChI=1S/C24H36O2/c1-23-14-5-9-20(23)19-12-11-17-6-4-10-22(26-18-7-2-3-8-18)24(17,16-25)21(19)13-15-23/h6-7,19-22,25H,2-5,8-16H2,1H3/t19-,20-,21-,22?,23-,24-/m0/s1. The molecule has 2 nitrogen and oxygen atoms in total. The highest BCUT2D eigenvalue weighted by Crippen LogP contribution is 2.65. The van der Waals surface area contributed by atoms with Gasteiger partial charge in [0.2, 0.25) is 0 Å². The topological polar surface area (TPSA) is 29.5 Å². The summed E-state index contributed by atoms with van der Waals surface area (Å²) in [4.78, 5) is 0. The highest BCUT2D eigenvalue weighted by molar-refractivity contribution is 5.28. The fourth-order valence-electron chi connectivity index (χ4n) is 7.94. The number of aliphatic hydroxyl groups excluding tert-OH is 1. The Kier molecular flexibility index (Phi) is 4.27. The average molecular weight is 357 g/mol. The summed E-state index contributed by atoms with van der Waals surface area (Å²) < 4.78 is 6.66. The normalized spacial score (nSPS) is 47.5. The van der Waals surface area contributed by atoms with Crippen LogP contribution in [0.3, 0.4) is 0 Å². The van der Waals surface area contributed by atoms with E-state index >= 15 is 0 Å². The van der Waals surface area contributed by atoms with Crippen LogP contribution < -0.4 is 0 Å². The van der Waals surface area contributed by atoms with Crippen LogP contribution in [-0.2, 0) is 4.74 Å². The zero-order valence-corrected chi connectivity index (χ0v) is 16.5. The molecule has 0 aromatic heterocycles. The van der Waals surface area contributed by atoms with Crippen LogP contribution in [0.4, 0.5) is 0 Å². The molecule has 5 rings (SSSR count). The van der Waals surface area contributed by atoms with E-state index in [-0.39, 0.29) is 11.5 Å². The van der Waals surface area contributed by atoms with Crippen molar-refractivity contribution in [2.45, 2.75) is 90.1 Å². The zero-order valence-electron chi connectivity index (χ0n) is 16.5. The Morgan fingerprint density at radius 1 is 1.00 bits per heavy atom. The lowest BCUT2D eigenvalue weighted by Crippen LogP contribution is -2.57. The first kappa shape index (κ1) is 17.3. The van der Waals surface area contributed by atoms with Gasteiger partial charge in [-0.05, 0) is 93.5 Å². The molecule has 0 aliphatic heterocycles. The second-order valence-electron chi connectivity index (χ2n) is 10.2. The summed E-state index contributed by atoms with van der Waals surface area (Å²) in [6.07, 6.45) is 20.2. The summed E-state index contributed by atoms with van der Waals surface area (Å²) in [5.74, 6) is 3.55. The molecule has 144 valence electrons. The molecule has 0 aromatic rings. The molecule has 0 saturated heterocycles. The van der Waals surface area contributed by atoms with Gasteiger partial charge in [-0.3, -0.25) is 0 Å². The number of ether oxygens (including phenoxy) is 1. The molecule has 0 amide bonds. The molecular formula is C24H36O2. The third-order valence-electron chi connectivity index (χ3n) is 9.17. The van der Waals surface area contributed by atoms with Crippen molar-refractivity contribution >= 4 is 0 Å². The van der Waals surface area contributed by atoms with Crippen molar-refractivity contribution in [3.05, 3.63) is 23.5 Å². The molecule has 1 unspecified atom stereocenters. The van der Waals surface area contributed by atoms with E-state index in [2.05, 4.69) is 19.1 Å². The second-order valence-corrected chi connectivity index (χ2v) is 10.2. The molecule has 2 heteroatoms. The Morgan fingerprint density at radius 3 is 2.73 bits per heavy atom. The summed E-state index contributed by atoms with van der Waals surface area (Å²) >= 11 is 0. The van der Waals surface area contributed by atoms with E-state index in [4.69, 9.17) is 4.74 Å². The molecular weight excluding hydrogens is 320 g/mol. The van der Waals surface area contributed by atoms with E-state index in [1.807, 2.05) is 0 Å². The lowest BCUT2D eigenvalue weighted by Gasteiger charge is -2.60. The maximum atomic E-state index is 10.8. The molecule has 0 bridgehead atoms. The van der Waals surface area contributed by atoms with Gasteiger partial charge in [0.15, 0.2) is 0 Å². The monoisotopic (exact) mass is 356 g/mol. The molecule has 26 heavy (non-hydrogen) atoms. The van der Waals surface area contributed by atoms with Crippen molar-refractivity contribution in [1.29, 1.82) is 0 Å². The van der Waals surface area contributed by atoms with Crippen molar-refractivity contribution in [2.75, 3.05) is 6.61 Å². The number of aliphatic hydroxyl groups is 1. The molecule has 5 aliphatic rings. The molecule has 3 fully saturated rings. The van der Waals surface area contributed by atoms with Crippen molar-refractivity contribution in [3.63, 3.8) is 0 Å². The predicted octanol–water partition coefficient (Wildman–Crippen LogP) is 5.76. The van der Waals surface area contributed by atoms with Crippen LogP contribution in [0.5, 0.6) is 0 Å². The van der Waals surface area contributed by atoms with Crippen LogP contribution in [0.1, 0.15) is 84.0 Å². The van der Waals surface area contributed by atoms with Crippen molar-refractivity contribution < 1.29 is 9.84 Å². The van der Waals surface area contributed by atoms with Gasteiger partial charge in [0, 0.05) is 6.42 Å². The van der Waals surface area contributed by atoms with E-state index in [9.17, 15) is 5.11 Å². The largest absolute Gasteiger partial charge is 0.494 e. The Hall–Kier alpha value is -0.760. The smallest absolute Gasteiger partial charge is 0.110 e. The zero-order chi connectivity index (χ0) is 17.8. The Labute approximate surface area is 159 Å². The Bertz CT molecular complexity index is 620. The van der Waals surface area contributed by atoms with Crippen LogP contribution in [0.25, 0.3) is 0 Å². The van der Waals surface area contributed by atoms with Gasteiger partial charge >= 0.3 is 0 Å². The van der Waals surface area contributed by atoms with Crippen LogP contribution >= 0.6 is 0 Å². The average Bonchev–Trinajstić information content (AvgIpc) is 3.30. The third-order valence-corrected chi connectivity index (χ3v) is 9.17. The SMILES string of the molecule is C[C@@]12CCC[C@H]1[C@@H]1CCC3=CCCC(OC4=CCCC4)[C@]3(CO)[C@H]1CC2. The summed E-state index contributed by atoms with van der Waals surface area (Å²) in [5.41, 5.74) is 2.05. The summed E-state index contributed by atoms with van der Waals surface area (Å²) in [7, 11) is 0. The first-order chi connectivity index (χ1) is 12.7. The number of allylic oxidation sites excluding steroid dienone is 3. The molecule has 1 N–H and O–H groups in total. The summed E-state index contributed by atoms with van der Waals surface area (Å²) in [6.45, 7) is 2.86. The molecule has 3 saturated carbocycles. The molecule has 0 spiro atoms. The molecule has 0 radical (unpaired) electrons. The number of hydrogen-bond acceptors (Lipinski definition) is 2. The number of rotatable bonds is 3. The minimum atomic E-state index is -0.0888. The van der Waals surface area contributed by atoms with Crippen LogP contribution in [0.15, 0.2) is 23.5 Å². The highest BCUT2D eigenvalue weighted by Gasteiger charge is 2.60. The highest BCUT2D eigenvalue weighted by atomic mass is 16.5. The summed E-state index contributed by atoms with van der Waals surface area (Å²) in [5, 5.41) is 10.8. The van der Waals surface area contributed by atoms with Crippen LogP contribution in [0.2, 0.25) is 0 Å².